The quantitative estimate of drug-likeness (QED) is 0.276. The first kappa shape index (κ1) is 33.0. The molecular formula is C31H31F6N5O4. The van der Waals surface area contributed by atoms with Crippen LogP contribution in [0.2, 0.25) is 0 Å². The molecule has 2 N–H and O–H groups in total. The maximum absolute atomic E-state index is 13.8. The molecular weight excluding hydrogens is 620 g/mol. The molecule has 1 atom stereocenters. The molecule has 0 unspecified atom stereocenters. The number of carbonyl (C=O) groups excluding carboxylic acids is 1. The van der Waals surface area contributed by atoms with E-state index in [1.54, 1.807) is 0 Å². The molecule has 2 fully saturated rings. The van der Waals surface area contributed by atoms with Crippen molar-refractivity contribution in [3.8, 4) is 16.9 Å². The fourth-order valence-electron chi connectivity index (χ4n) is 5.94. The molecule has 0 radical (unpaired) electrons. The molecule has 46 heavy (non-hydrogen) atoms. The first-order valence-corrected chi connectivity index (χ1v) is 14.5. The summed E-state index contributed by atoms with van der Waals surface area (Å²) >= 11 is 0. The minimum atomic E-state index is -4.74. The van der Waals surface area contributed by atoms with Gasteiger partial charge in [-0.05, 0) is 73.2 Å². The van der Waals surface area contributed by atoms with Gasteiger partial charge in [-0.2, -0.15) is 26.3 Å². The zero-order valence-electron chi connectivity index (χ0n) is 24.7. The van der Waals surface area contributed by atoms with E-state index in [-0.39, 0.29) is 42.0 Å². The van der Waals surface area contributed by atoms with Gasteiger partial charge >= 0.3 is 18.3 Å². The summed E-state index contributed by atoms with van der Waals surface area (Å²) in [6, 6.07) is 6.10. The molecule has 2 aromatic carbocycles. The SMILES string of the molecule is COc1ccc(-c2ccc(NC(=O)c3cnc(N4CCC(C(=O)O)CC4)cn3)cc2CN2CCC[C@H]2C(F)(F)F)cc1C(F)(F)F. The van der Waals surface area contributed by atoms with Crippen LogP contribution in [0.15, 0.2) is 48.8 Å². The molecule has 5 rings (SSSR count). The van der Waals surface area contributed by atoms with E-state index in [9.17, 15) is 41.0 Å². The van der Waals surface area contributed by atoms with E-state index < -0.39 is 47.5 Å². The van der Waals surface area contributed by atoms with Gasteiger partial charge in [-0.3, -0.25) is 14.5 Å². The van der Waals surface area contributed by atoms with Crippen LogP contribution in [0.5, 0.6) is 5.75 Å². The number of methoxy groups -OCH3 is 1. The van der Waals surface area contributed by atoms with Crippen molar-refractivity contribution in [2.45, 2.75) is 50.6 Å². The highest BCUT2D eigenvalue weighted by molar-refractivity contribution is 6.03. The number of likely N-dealkylation sites (tertiary alicyclic amines) is 1. The van der Waals surface area contributed by atoms with Gasteiger partial charge in [0, 0.05) is 25.3 Å². The summed E-state index contributed by atoms with van der Waals surface area (Å²) in [5.74, 6) is -1.83. The molecule has 2 aliphatic rings. The van der Waals surface area contributed by atoms with Gasteiger partial charge in [0.05, 0.1) is 31.0 Å². The number of amides is 1. The van der Waals surface area contributed by atoms with Crippen molar-refractivity contribution in [3.05, 3.63) is 65.6 Å². The number of nitrogens with zero attached hydrogens (tertiary/aromatic N) is 4. The standard InChI is InChI=1S/C31H31F6N5O4/c1-46-25-7-4-19(14-23(25)30(32,33)34)22-6-5-21(13-20(22)17-42-10-2-3-26(42)31(35,36)37)40-28(43)24-15-39-27(16-38-24)41-11-8-18(9-12-41)29(44)45/h4-7,13-16,18,26H,2-3,8-12,17H2,1H3,(H,40,43)(H,44,45)/t26-/m0/s1. The number of piperidine rings is 1. The fraction of sp³-hybridized carbons (Fsp3) is 0.419. The topological polar surface area (TPSA) is 108 Å². The van der Waals surface area contributed by atoms with Gasteiger partial charge in [0.15, 0.2) is 0 Å². The molecule has 0 spiro atoms. The van der Waals surface area contributed by atoms with Gasteiger partial charge in [0.2, 0.25) is 0 Å². The third-order valence-corrected chi connectivity index (χ3v) is 8.33. The summed E-state index contributed by atoms with van der Waals surface area (Å²) in [5, 5.41) is 11.8. The number of aliphatic carboxylic acids is 1. The van der Waals surface area contributed by atoms with Gasteiger partial charge in [-0.15, -0.1) is 0 Å². The minimum Gasteiger partial charge on any atom is -0.496 e. The Labute approximate surface area is 260 Å². The Morgan fingerprint density at radius 3 is 2.33 bits per heavy atom. The summed E-state index contributed by atoms with van der Waals surface area (Å²) in [5.41, 5.74) is -0.182. The third-order valence-electron chi connectivity index (χ3n) is 8.33. The van der Waals surface area contributed by atoms with E-state index in [0.29, 0.717) is 43.7 Å². The number of halogens is 6. The number of carboxylic acids is 1. The number of alkyl halides is 6. The normalized spacial score (nSPS) is 18.1. The van der Waals surface area contributed by atoms with E-state index in [1.165, 1.54) is 41.6 Å². The highest BCUT2D eigenvalue weighted by Gasteiger charge is 2.46. The monoisotopic (exact) mass is 651 g/mol. The smallest absolute Gasteiger partial charge is 0.419 e. The Morgan fingerprint density at radius 2 is 1.72 bits per heavy atom. The molecule has 246 valence electrons. The average Bonchev–Trinajstić information content (AvgIpc) is 3.50. The lowest BCUT2D eigenvalue weighted by Crippen LogP contribution is -2.40. The molecule has 0 saturated carbocycles. The summed E-state index contributed by atoms with van der Waals surface area (Å²) < 4.78 is 87.5. The van der Waals surface area contributed by atoms with Gasteiger partial charge in [0.1, 0.15) is 23.3 Å². The second-order valence-corrected chi connectivity index (χ2v) is 11.3. The Hall–Kier alpha value is -4.40. The molecule has 3 aromatic rings. The number of hydrogen-bond acceptors (Lipinski definition) is 7. The number of hydrogen-bond donors (Lipinski definition) is 2. The number of carbonyl (C=O) groups is 2. The van der Waals surface area contributed by atoms with Crippen LogP contribution < -0.4 is 15.0 Å². The first-order valence-electron chi connectivity index (χ1n) is 14.5. The van der Waals surface area contributed by atoms with Crippen LogP contribution in [0.1, 0.15) is 47.3 Å². The molecule has 0 bridgehead atoms. The average molecular weight is 652 g/mol. The Kier molecular flexibility index (Phi) is 9.42. The number of benzene rings is 2. The Bertz CT molecular complexity index is 1570. The second-order valence-electron chi connectivity index (χ2n) is 11.3. The van der Waals surface area contributed by atoms with Gasteiger partial charge in [0.25, 0.3) is 5.91 Å². The largest absolute Gasteiger partial charge is 0.496 e. The molecule has 9 nitrogen and oxygen atoms in total. The van der Waals surface area contributed by atoms with Gasteiger partial charge in [-0.25, -0.2) is 9.97 Å². The second kappa shape index (κ2) is 13.1. The van der Waals surface area contributed by atoms with Crippen LogP contribution in [0, 0.1) is 5.92 Å². The van der Waals surface area contributed by atoms with Crippen LogP contribution in [0.3, 0.4) is 0 Å². The van der Waals surface area contributed by atoms with Crippen molar-refractivity contribution in [2.75, 3.05) is 37.0 Å². The lowest BCUT2D eigenvalue weighted by Gasteiger charge is -2.30. The molecule has 2 aliphatic heterocycles. The van der Waals surface area contributed by atoms with Crippen LogP contribution >= 0.6 is 0 Å². The lowest BCUT2D eigenvalue weighted by atomic mass is 9.96. The van der Waals surface area contributed by atoms with E-state index in [2.05, 4.69) is 15.3 Å². The zero-order chi connectivity index (χ0) is 33.2. The Morgan fingerprint density at radius 1 is 0.978 bits per heavy atom. The van der Waals surface area contributed by atoms with Gasteiger partial charge < -0.3 is 20.1 Å². The fourth-order valence-corrected chi connectivity index (χ4v) is 5.94. The zero-order valence-corrected chi connectivity index (χ0v) is 24.7. The Balaban J connectivity index is 1.40. The number of rotatable bonds is 8. The molecule has 2 saturated heterocycles. The molecule has 0 aliphatic carbocycles. The van der Waals surface area contributed by atoms with Gasteiger partial charge in [-0.1, -0.05) is 12.1 Å². The maximum Gasteiger partial charge on any atom is 0.419 e. The highest BCUT2D eigenvalue weighted by atomic mass is 19.4. The van der Waals surface area contributed by atoms with Crippen LogP contribution in [0.25, 0.3) is 11.1 Å². The van der Waals surface area contributed by atoms with Crippen molar-refractivity contribution in [1.82, 2.24) is 14.9 Å². The van der Waals surface area contributed by atoms with E-state index in [4.69, 9.17) is 4.74 Å². The van der Waals surface area contributed by atoms with Crippen LogP contribution in [0.4, 0.5) is 37.8 Å². The van der Waals surface area contributed by atoms with Crippen molar-refractivity contribution in [3.63, 3.8) is 0 Å². The summed E-state index contributed by atoms with van der Waals surface area (Å²) in [7, 11) is 1.11. The van der Waals surface area contributed by atoms with E-state index >= 15 is 0 Å². The van der Waals surface area contributed by atoms with E-state index in [0.717, 1.165) is 19.2 Å². The maximum atomic E-state index is 13.8. The highest BCUT2D eigenvalue weighted by Crippen LogP contribution is 2.41. The predicted molar refractivity (Wildman–Crippen MR) is 155 cm³/mol. The number of anilines is 2. The van der Waals surface area contributed by atoms with Crippen molar-refractivity contribution in [1.29, 1.82) is 0 Å². The number of carboxylic acid groups (broad SMARTS) is 1. The molecule has 3 heterocycles. The predicted octanol–water partition coefficient (Wildman–Crippen LogP) is 6.25. The number of ether oxygens (including phenoxy) is 1. The number of nitrogens with one attached hydrogen (secondary N) is 1. The van der Waals surface area contributed by atoms with Crippen molar-refractivity contribution in [2.24, 2.45) is 5.92 Å². The number of aromatic nitrogens is 2. The van der Waals surface area contributed by atoms with Crippen LogP contribution in [-0.4, -0.2) is 70.8 Å². The van der Waals surface area contributed by atoms with Crippen molar-refractivity contribution >= 4 is 23.4 Å². The van der Waals surface area contributed by atoms with Crippen LogP contribution in [-0.2, 0) is 17.5 Å². The van der Waals surface area contributed by atoms with E-state index in [1.807, 2.05) is 4.90 Å². The lowest BCUT2D eigenvalue weighted by molar-refractivity contribution is -0.177. The summed E-state index contributed by atoms with van der Waals surface area (Å²) in [4.78, 5) is 35.8. The first-order chi connectivity index (χ1) is 21.7. The molecule has 1 aromatic heterocycles. The molecule has 15 heteroatoms. The summed E-state index contributed by atoms with van der Waals surface area (Å²) in [6.07, 6.45) is -5.44. The summed E-state index contributed by atoms with van der Waals surface area (Å²) in [6.45, 7) is 0.866. The molecule has 1 amide bonds. The minimum absolute atomic E-state index is 0.0450. The van der Waals surface area contributed by atoms with Crippen molar-refractivity contribution < 1.29 is 45.8 Å². The third kappa shape index (κ3) is 7.35.